The molecule has 0 amide bonds. The third-order valence-corrected chi connectivity index (χ3v) is 1.90. The molecule has 0 aliphatic rings. The molecule has 0 atom stereocenters. The Bertz CT molecular complexity index is 184. The Hall–Kier alpha value is -0.910. The quantitative estimate of drug-likeness (QED) is 0.500. The van der Waals surface area contributed by atoms with Gasteiger partial charge >= 0.3 is 0 Å². The normalized spacial score (nSPS) is 11.3. The van der Waals surface area contributed by atoms with Gasteiger partial charge < -0.3 is 10.6 Å². The molecule has 0 saturated carbocycles. The van der Waals surface area contributed by atoms with Crippen molar-refractivity contribution in [2.24, 2.45) is 5.73 Å². The van der Waals surface area contributed by atoms with Gasteiger partial charge in [-0.15, -0.1) is 0 Å². The van der Waals surface area contributed by atoms with Crippen molar-refractivity contribution in [2.75, 3.05) is 25.6 Å². The highest BCUT2D eigenvalue weighted by molar-refractivity contribution is 7.98. The zero-order valence-electron chi connectivity index (χ0n) is 7.19. The van der Waals surface area contributed by atoms with Crippen LogP contribution < -0.4 is 5.73 Å². The summed E-state index contributed by atoms with van der Waals surface area (Å²) < 4.78 is 0. The van der Waals surface area contributed by atoms with Gasteiger partial charge in [-0.05, 0) is 6.26 Å². The van der Waals surface area contributed by atoms with Crippen LogP contribution in [0.5, 0.6) is 0 Å². The van der Waals surface area contributed by atoms with Crippen molar-refractivity contribution >= 4 is 11.8 Å². The van der Waals surface area contributed by atoms with E-state index in [1.54, 1.807) is 23.7 Å². The second kappa shape index (κ2) is 5.70. The molecule has 0 saturated heterocycles. The van der Waals surface area contributed by atoms with E-state index in [2.05, 4.69) is 0 Å². The second-order valence-electron chi connectivity index (χ2n) is 2.25. The van der Waals surface area contributed by atoms with Gasteiger partial charge in [0.15, 0.2) is 5.82 Å². The van der Waals surface area contributed by atoms with Crippen molar-refractivity contribution in [3.8, 4) is 0 Å². The van der Waals surface area contributed by atoms with Gasteiger partial charge in [0.25, 0.3) is 6.20 Å². The van der Waals surface area contributed by atoms with E-state index in [1.807, 2.05) is 6.26 Å². The number of nitrogens with two attached hydrogens (primary N) is 1. The van der Waals surface area contributed by atoms with Crippen LogP contribution in [0.1, 0.15) is 0 Å². The van der Waals surface area contributed by atoms with Crippen molar-refractivity contribution in [2.45, 2.75) is 0 Å². The van der Waals surface area contributed by atoms with Crippen LogP contribution in [-0.4, -0.2) is 35.4 Å². The summed E-state index contributed by atoms with van der Waals surface area (Å²) in [5.41, 5.74) is 5.40. The van der Waals surface area contributed by atoms with E-state index in [4.69, 9.17) is 5.73 Å². The average Bonchev–Trinajstić information content (AvgIpc) is 1.98. The minimum Gasteiger partial charge on any atom is -0.380 e. The maximum Gasteiger partial charge on any atom is 0.274 e. The Morgan fingerprint density at radius 1 is 1.83 bits per heavy atom. The van der Waals surface area contributed by atoms with Crippen LogP contribution in [-0.2, 0) is 0 Å². The molecule has 70 valence electrons. The van der Waals surface area contributed by atoms with Gasteiger partial charge in [0.2, 0.25) is 0 Å². The van der Waals surface area contributed by atoms with Crippen molar-refractivity contribution in [1.82, 2.24) is 4.90 Å². The Morgan fingerprint density at radius 2 is 2.42 bits per heavy atom. The lowest BCUT2D eigenvalue weighted by Crippen LogP contribution is -2.26. The van der Waals surface area contributed by atoms with E-state index in [0.29, 0.717) is 0 Å². The lowest BCUT2D eigenvalue weighted by molar-refractivity contribution is -0.404. The Kier molecular flexibility index (Phi) is 5.27. The second-order valence-corrected chi connectivity index (χ2v) is 3.24. The highest BCUT2D eigenvalue weighted by Crippen LogP contribution is 1.97. The fourth-order valence-corrected chi connectivity index (χ4v) is 1.02. The van der Waals surface area contributed by atoms with Crippen molar-refractivity contribution in [3.63, 3.8) is 0 Å². The van der Waals surface area contributed by atoms with E-state index >= 15 is 0 Å². The van der Waals surface area contributed by atoms with Crippen LogP contribution in [0.15, 0.2) is 12.0 Å². The molecule has 0 fully saturated rings. The molecule has 12 heavy (non-hydrogen) atoms. The van der Waals surface area contributed by atoms with E-state index in [-0.39, 0.29) is 5.82 Å². The fourth-order valence-electron chi connectivity index (χ4n) is 0.564. The zero-order valence-corrected chi connectivity index (χ0v) is 8.00. The van der Waals surface area contributed by atoms with E-state index in [0.717, 1.165) is 18.5 Å². The summed E-state index contributed by atoms with van der Waals surface area (Å²) in [4.78, 5) is 11.1. The predicted octanol–water partition coefficient (Wildman–Crippen LogP) is 0.316. The lowest BCUT2D eigenvalue weighted by atomic mass is 10.6. The lowest BCUT2D eigenvalue weighted by Gasteiger charge is -2.15. The molecule has 5 nitrogen and oxygen atoms in total. The van der Waals surface area contributed by atoms with Gasteiger partial charge in [0, 0.05) is 19.3 Å². The average molecular weight is 191 g/mol. The Morgan fingerprint density at radius 3 is 2.83 bits per heavy atom. The summed E-state index contributed by atoms with van der Waals surface area (Å²) in [6.45, 7) is 0.720. The van der Waals surface area contributed by atoms with Crippen molar-refractivity contribution in [1.29, 1.82) is 0 Å². The molecular formula is C6H13N3O2S. The minimum absolute atomic E-state index is 0.189. The number of thioether (sulfide) groups is 1. The fraction of sp³-hybridized carbons (Fsp3) is 0.667. The topological polar surface area (TPSA) is 72.4 Å². The van der Waals surface area contributed by atoms with Crippen LogP contribution in [0.4, 0.5) is 0 Å². The standard InChI is InChI=1S/C6H13N3O2S/c1-8(3-4-12-2)6(7)5-9(10)11/h5H,3-4,7H2,1-2H3. The first-order valence-corrected chi connectivity index (χ1v) is 4.78. The summed E-state index contributed by atoms with van der Waals surface area (Å²) >= 11 is 1.67. The molecule has 0 unspecified atom stereocenters. The van der Waals surface area contributed by atoms with Crippen LogP contribution in [0.2, 0.25) is 0 Å². The number of hydrogen-bond donors (Lipinski definition) is 1. The molecule has 6 heteroatoms. The maximum atomic E-state index is 10.0. The predicted molar refractivity (Wildman–Crippen MR) is 50.3 cm³/mol. The first kappa shape index (κ1) is 11.1. The number of nitrogens with zero attached hydrogens (tertiary/aromatic N) is 2. The summed E-state index contributed by atoms with van der Waals surface area (Å²) in [5.74, 6) is 1.09. The van der Waals surface area contributed by atoms with E-state index in [9.17, 15) is 10.1 Å². The highest BCUT2D eigenvalue weighted by atomic mass is 32.2. The van der Waals surface area contributed by atoms with Crippen molar-refractivity contribution < 1.29 is 4.92 Å². The maximum absolute atomic E-state index is 10.0. The zero-order chi connectivity index (χ0) is 9.56. The van der Waals surface area contributed by atoms with Crippen molar-refractivity contribution in [3.05, 3.63) is 22.1 Å². The molecule has 0 aromatic rings. The Balaban J connectivity index is 3.91. The SMILES string of the molecule is CSCCN(C)C(N)=C[N+](=O)[O-]. The van der Waals surface area contributed by atoms with Gasteiger partial charge in [0.1, 0.15) is 0 Å². The monoisotopic (exact) mass is 191 g/mol. The largest absolute Gasteiger partial charge is 0.380 e. The molecule has 0 bridgehead atoms. The number of rotatable bonds is 5. The Labute approximate surface area is 75.8 Å². The molecule has 0 aliphatic carbocycles. The third kappa shape index (κ3) is 4.84. The van der Waals surface area contributed by atoms with E-state index < -0.39 is 4.92 Å². The number of hydrogen-bond acceptors (Lipinski definition) is 5. The molecule has 2 N–H and O–H groups in total. The van der Waals surface area contributed by atoms with Gasteiger partial charge in [-0.25, -0.2) is 0 Å². The first-order chi connectivity index (χ1) is 5.57. The molecule has 0 aromatic carbocycles. The summed E-state index contributed by atoms with van der Waals surface area (Å²) in [6, 6.07) is 0. The van der Waals surface area contributed by atoms with Gasteiger partial charge in [0.05, 0.1) is 4.92 Å². The molecule has 0 radical (unpaired) electrons. The summed E-state index contributed by atoms with van der Waals surface area (Å²) in [6.07, 6.45) is 2.78. The van der Waals surface area contributed by atoms with E-state index in [1.165, 1.54) is 0 Å². The summed E-state index contributed by atoms with van der Waals surface area (Å²) in [7, 11) is 1.73. The summed E-state index contributed by atoms with van der Waals surface area (Å²) in [5, 5.41) is 10.0. The first-order valence-electron chi connectivity index (χ1n) is 3.38. The molecule has 0 heterocycles. The molecule has 0 aliphatic heterocycles. The molecule has 0 rings (SSSR count). The van der Waals surface area contributed by atoms with Crippen LogP contribution in [0.25, 0.3) is 0 Å². The van der Waals surface area contributed by atoms with Gasteiger partial charge in [-0.1, -0.05) is 0 Å². The van der Waals surface area contributed by atoms with Crippen LogP contribution in [0, 0.1) is 10.1 Å². The molecular weight excluding hydrogens is 178 g/mol. The van der Waals surface area contributed by atoms with Crippen LogP contribution >= 0.6 is 11.8 Å². The molecule has 0 spiro atoms. The third-order valence-electron chi connectivity index (χ3n) is 1.31. The smallest absolute Gasteiger partial charge is 0.274 e. The number of nitro groups is 1. The van der Waals surface area contributed by atoms with Gasteiger partial charge in [-0.3, -0.25) is 10.1 Å². The van der Waals surface area contributed by atoms with Gasteiger partial charge in [-0.2, -0.15) is 11.8 Å². The molecule has 0 aromatic heterocycles. The van der Waals surface area contributed by atoms with Crippen LogP contribution in [0.3, 0.4) is 0 Å². The minimum atomic E-state index is -0.551. The highest BCUT2D eigenvalue weighted by Gasteiger charge is 2.02.